The molecule has 6 nitrogen and oxygen atoms in total. The fraction of sp³-hybridized carbons (Fsp3) is 0.500. The van der Waals surface area contributed by atoms with E-state index in [2.05, 4.69) is 10.3 Å². The molecule has 1 aliphatic rings. The summed E-state index contributed by atoms with van der Waals surface area (Å²) in [5.41, 5.74) is 0. The molecule has 1 fully saturated rings. The minimum absolute atomic E-state index is 0.136. The van der Waals surface area contributed by atoms with E-state index in [-0.39, 0.29) is 12.5 Å². The van der Waals surface area contributed by atoms with Crippen molar-refractivity contribution in [1.82, 2.24) is 15.2 Å². The third-order valence-electron chi connectivity index (χ3n) is 2.99. The van der Waals surface area contributed by atoms with Crippen molar-refractivity contribution in [2.24, 2.45) is 11.8 Å². The first-order valence-corrected chi connectivity index (χ1v) is 6.93. The van der Waals surface area contributed by atoms with Crippen molar-refractivity contribution in [3.05, 3.63) is 16.6 Å². The third-order valence-corrected chi connectivity index (χ3v) is 3.83. The van der Waals surface area contributed by atoms with Gasteiger partial charge in [0.1, 0.15) is 5.92 Å². The zero-order valence-electron chi connectivity index (χ0n) is 10.8. The van der Waals surface area contributed by atoms with Crippen LogP contribution >= 0.6 is 11.3 Å². The monoisotopic (exact) mass is 281 g/mol. The molecule has 1 aromatic heterocycles. The van der Waals surface area contributed by atoms with Gasteiger partial charge in [0.2, 0.25) is 11.8 Å². The summed E-state index contributed by atoms with van der Waals surface area (Å²) >= 11 is 1.47. The smallest absolute Gasteiger partial charge is 0.277 e. The van der Waals surface area contributed by atoms with Crippen molar-refractivity contribution in [3.8, 4) is 0 Å². The Morgan fingerprint density at radius 1 is 1.42 bits per heavy atom. The normalized spacial score (nSPS) is 20.1. The molecule has 1 N–H and O–H groups in total. The van der Waals surface area contributed by atoms with Crippen LogP contribution in [0.4, 0.5) is 4.79 Å². The maximum atomic E-state index is 12.2. The van der Waals surface area contributed by atoms with E-state index in [0.29, 0.717) is 6.42 Å². The molecule has 19 heavy (non-hydrogen) atoms. The summed E-state index contributed by atoms with van der Waals surface area (Å²) in [4.78, 5) is 40.7. The fourth-order valence-electron chi connectivity index (χ4n) is 2.01. The number of urea groups is 1. The van der Waals surface area contributed by atoms with Crippen molar-refractivity contribution in [1.29, 1.82) is 0 Å². The molecule has 1 aromatic rings. The summed E-state index contributed by atoms with van der Waals surface area (Å²) < 4.78 is 0. The molecule has 7 heteroatoms. The molecule has 1 aliphatic heterocycles. The number of imide groups is 2. The van der Waals surface area contributed by atoms with Gasteiger partial charge in [-0.2, -0.15) is 0 Å². The average Bonchev–Trinajstić information content (AvgIpc) is 2.80. The van der Waals surface area contributed by atoms with E-state index < -0.39 is 23.8 Å². The molecular formula is C12H15N3O3S. The number of nitrogens with zero attached hydrogens (tertiary/aromatic N) is 2. The number of hydrogen-bond donors (Lipinski definition) is 1. The Labute approximate surface area is 114 Å². The van der Waals surface area contributed by atoms with Crippen LogP contribution in [0, 0.1) is 11.8 Å². The first-order chi connectivity index (χ1) is 9.00. The van der Waals surface area contributed by atoms with Gasteiger partial charge in [0.15, 0.2) is 0 Å². The van der Waals surface area contributed by atoms with E-state index in [9.17, 15) is 14.4 Å². The van der Waals surface area contributed by atoms with Gasteiger partial charge in [0.25, 0.3) is 0 Å². The number of hydrogen-bond acceptors (Lipinski definition) is 5. The molecule has 102 valence electrons. The van der Waals surface area contributed by atoms with Crippen molar-refractivity contribution < 1.29 is 14.4 Å². The minimum Gasteiger partial charge on any atom is -0.277 e. The van der Waals surface area contributed by atoms with Gasteiger partial charge < -0.3 is 0 Å². The molecule has 2 heterocycles. The standard InChI is InChI=1S/C12H15N3O3S/c1-7(2)9-10(16)14-12(18)15(11(9)17)5-3-8-13-4-6-19-8/h4,6-7,9H,3,5H2,1-2H3,(H,14,16,18). The highest BCUT2D eigenvalue weighted by Gasteiger charge is 2.41. The highest BCUT2D eigenvalue weighted by Crippen LogP contribution is 2.19. The summed E-state index contributed by atoms with van der Waals surface area (Å²) in [7, 11) is 0. The number of carbonyl (C=O) groups is 3. The van der Waals surface area contributed by atoms with Gasteiger partial charge in [-0.05, 0) is 5.92 Å². The molecule has 0 aromatic carbocycles. The predicted octanol–water partition coefficient (Wildman–Crippen LogP) is 1.04. The van der Waals surface area contributed by atoms with E-state index in [0.717, 1.165) is 9.91 Å². The molecule has 0 radical (unpaired) electrons. The summed E-state index contributed by atoms with van der Waals surface area (Å²) in [5, 5.41) is 4.93. The number of nitrogens with one attached hydrogen (secondary N) is 1. The number of thiazole rings is 1. The molecule has 1 unspecified atom stereocenters. The molecule has 1 saturated heterocycles. The van der Waals surface area contributed by atoms with Crippen LogP contribution in [0.25, 0.3) is 0 Å². The molecule has 0 aliphatic carbocycles. The molecule has 0 saturated carbocycles. The molecule has 0 bridgehead atoms. The highest BCUT2D eigenvalue weighted by atomic mass is 32.1. The van der Waals surface area contributed by atoms with E-state index >= 15 is 0 Å². The summed E-state index contributed by atoms with van der Waals surface area (Å²) in [6.45, 7) is 3.82. The zero-order chi connectivity index (χ0) is 14.0. The van der Waals surface area contributed by atoms with Crippen LogP contribution in [-0.2, 0) is 16.0 Å². The Balaban J connectivity index is 2.08. The fourth-order valence-corrected chi connectivity index (χ4v) is 2.62. The maximum Gasteiger partial charge on any atom is 0.330 e. The van der Waals surface area contributed by atoms with Gasteiger partial charge in [-0.3, -0.25) is 19.8 Å². The predicted molar refractivity (Wildman–Crippen MR) is 69.4 cm³/mol. The zero-order valence-corrected chi connectivity index (χ0v) is 11.6. The number of rotatable bonds is 4. The van der Waals surface area contributed by atoms with Gasteiger partial charge in [0, 0.05) is 24.5 Å². The van der Waals surface area contributed by atoms with Crippen molar-refractivity contribution >= 4 is 29.2 Å². The Hall–Kier alpha value is -1.76. The van der Waals surface area contributed by atoms with E-state index in [1.54, 1.807) is 20.0 Å². The number of barbiturate groups is 1. The SMILES string of the molecule is CC(C)C1C(=O)NC(=O)N(CCc2nccs2)C1=O. The average molecular weight is 281 g/mol. The van der Waals surface area contributed by atoms with Crippen LogP contribution in [0.15, 0.2) is 11.6 Å². The number of carbonyl (C=O) groups excluding carboxylic acids is 3. The lowest BCUT2D eigenvalue weighted by Crippen LogP contribution is -2.59. The lowest BCUT2D eigenvalue weighted by atomic mass is 9.92. The number of amides is 4. The van der Waals surface area contributed by atoms with Crippen molar-refractivity contribution in [2.45, 2.75) is 20.3 Å². The molecule has 2 rings (SSSR count). The van der Waals surface area contributed by atoms with Gasteiger partial charge >= 0.3 is 6.03 Å². The van der Waals surface area contributed by atoms with Gasteiger partial charge in [-0.25, -0.2) is 9.78 Å². The third kappa shape index (κ3) is 2.81. The van der Waals surface area contributed by atoms with E-state index in [1.165, 1.54) is 11.3 Å². The van der Waals surface area contributed by atoms with Crippen LogP contribution in [0.3, 0.4) is 0 Å². The molecule has 4 amide bonds. The minimum atomic E-state index is -0.783. The van der Waals surface area contributed by atoms with Gasteiger partial charge in [-0.1, -0.05) is 13.8 Å². The quantitative estimate of drug-likeness (QED) is 0.836. The molecular weight excluding hydrogens is 266 g/mol. The maximum absolute atomic E-state index is 12.2. The summed E-state index contributed by atoms with van der Waals surface area (Å²) in [6, 6.07) is -0.636. The second-order valence-corrected chi connectivity index (χ2v) is 5.66. The second-order valence-electron chi connectivity index (χ2n) is 4.68. The van der Waals surface area contributed by atoms with E-state index in [1.807, 2.05) is 5.38 Å². The Morgan fingerprint density at radius 3 is 2.74 bits per heavy atom. The summed E-state index contributed by atoms with van der Waals surface area (Å²) in [5.74, 6) is -1.84. The van der Waals surface area contributed by atoms with Crippen LogP contribution < -0.4 is 5.32 Å². The van der Waals surface area contributed by atoms with Crippen LogP contribution in [0.2, 0.25) is 0 Å². The lowest BCUT2D eigenvalue weighted by Gasteiger charge is -2.31. The van der Waals surface area contributed by atoms with Crippen molar-refractivity contribution in [2.75, 3.05) is 6.54 Å². The number of aromatic nitrogens is 1. The Morgan fingerprint density at radius 2 is 2.16 bits per heavy atom. The van der Waals surface area contributed by atoms with Crippen LogP contribution in [-0.4, -0.2) is 34.3 Å². The first-order valence-electron chi connectivity index (χ1n) is 6.05. The Kier molecular flexibility index (Phi) is 3.94. The largest absolute Gasteiger partial charge is 0.330 e. The van der Waals surface area contributed by atoms with E-state index in [4.69, 9.17) is 0 Å². The lowest BCUT2D eigenvalue weighted by molar-refractivity contribution is -0.144. The first kappa shape index (κ1) is 13.7. The van der Waals surface area contributed by atoms with Crippen LogP contribution in [0.1, 0.15) is 18.9 Å². The molecule has 1 atom stereocenters. The van der Waals surface area contributed by atoms with Crippen LogP contribution in [0.5, 0.6) is 0 Å². The molecule has 0 spiro atoms. The van der Waals surface area contributed by atoms with Crippen molar-refractivity contribution in [3.63, 3.8) is 0 Å². The second kappa shape index (κ2) is 5.48. The Bertz CT molecular complexity index is 498. The highest BCUT2D eigenvalue weighted by molar-refractivity contribution is 7.09. The van der Waals surface area contributed by atoms with Gasteiger partial charge in [-0.15, -0.1) is 11.3 Å². The summed E-state index contributed by atoms with van der Waals surface area (Å²) in [6.07, 6.45) is 2.19. The van der Waals surface area contributed by atoms with Gasteiger partial charge in [0.05, 0.1) is 5.01 Å². The topological polar surface area (TPSA) is 79.4 Å².